The minimum atomic E-state index is -5.23. The number of carbonyl (C=O) groups is 1. The number of alkyl halides is 6. The lowest BCUT2D eigenvalue weighted by Crippen LogP contribution is -2.19. The van der Waals surface area contributed by atoms with Crippen LogP contribution in [0.4, 0.5) is 22.0 Å². The fourth-order valence-corrected chi connectivity index (χ4v) is 1.59. The molecule has 1 heterocycles. The van der Waals surface area contributed by atoms with Gasteiger partial charge in [0.05, 0.1) is 28.3 Å². The van der Waals surface area contributed by atoms with Crippen molar-refractivity contribution in [2.75, 3.05) is 0 Å². The fourth-order valence-electron chi connectivity index (χ4n) is 1.38. The molecule has 0 saturated carbocycles. The molecule has 0 bridgehead atoms. The molecular weight excluding hydrogens is 285 g/mol. The van der Waals surface area contributed by atoms with Crippen LogP contribution >= 0.6 is 11.6 Å². The van der Waals surface area contributed by atoms with Gasteiger partial charge in [-0.15, -0.1) is 11.6 Å². The van der Waals surface area contributed by atoms with E-state index in [0.717, 1.165) is 0 Å². The third-order valence-corrected chi connectivity index (χ3v) is 2.31. The number of aromatic carboxylic acids is 1. The topological polar surface area (TPSA) is 50.2 Å². The predicted molar refractivity (Wildman–Crippen MR) is 50.7 cm³/mol. The summed E-state index contributed by atoms with van der Waals surface area (Å²) in [6.07, 6.45) is -8.39. The van der Waals surface area contributed by atoms with Crippen LogP contribution in [0.15, 0.2) is 6.20 Å². The number of hydrogen-bond acceptors (Lipinski definition) is 2. The molecular formula is C9H5ClF5NO2. The van der Waals surface area contributed by atoms with Crippen molar-refractivity contribution >= 4 is 17.6 Å². The van der Waals surface area contributed by atoms with Crippen LogP contribution < -0.4 is 0 Å². The van der Waals surface area contributed by atoms with Crippen molar-refractivity contribution in [1.29, 1.82) is 0 Å². The summed E-state index contributed by atoms with van der Waals surface area (Å²) in [6, 6.07) is 0. The largest absolute Gasteiger partial charge is 0.478 e. The van der Waals surface area contributed by atoms with Crippen molar-refractivity contribution in [1.82, 2.24) is 4.98 Å². The average Bonchev–Trinajstić information content (AvgIpc) is 2.25. The van der Waals surface area contributed by atoms with E-state index in [1.54, 1.807) is 0 Å². The molecule has 0 spiro atoms. The minimum Gasteiger partial charge on any atom is -0.478 e. The molecule has 0 aliphatic heterocycles. The Morgan fingerprint density at radius 1 is 1.44 bits per heavy atom. The molecule has 0 radical (unpaired) electrons. The van der Waals surface area contributed by atoms with Gasteiger partial charge in [-0.25, -0.2) is 13.6 Å². The Labute approximate surface area is 102 Å². The molecule has 0 amide bonds. The molecule has 0 aliphatic rings. The van der Waals surface area contributed by atoms with Crippen molar-refractivity contribution in [3.8, 4) is 0 Å². The summed E-state index contributed by atoms with van der Waals surface area (Å²) in [5, 5.41) is 8.58. The van der Waals surface area contributed by atoms with E-state index in [4.69, 9.17) is 16.7 Å². The summed E-state index contributed by atoms with van der Waals surface area (Å²) in [5.74, 6) is -2.67. The van der Waals surface area contributed by atoms with Crippen LogP contribution in [-0.4, -0.2) is 16.1 Å². The third kappa shape index (κ3) is 2.69. The van der Waals surface area contributed by atoms with E-state index < -0.39 is 46.8 Å². The Kier molecular flexibility index (Phi) is 4.10. The summed E-state index contributed by atoms with van der Waals surface area (Å²) in [6.45, 7) is 0. The lowest BCUT2D eigenvalue weighted by Gasteiger charge is -2.16. The molecule has 100 valence electrons. The summed E-state index contributed by atoms with van der Waals surface area (Å²) in [7, 11) is 0. The molecule has 18 heavy (non-hydrogen) atoms. The lowest BCUT2D eigenvalue weighted by molar-refractivity contribution is -0.140. The second-order valence-corrected chi connectivity index (χ2v) is 3.41. The van der Waals surface area contributed by atoms with E-state index in [0.29, 0.717) is 6.20 Å². The van der Waals surface area contributed by atoms with E-state index in [1.807, 2.05) is 0 Å². The summed E-state index contributed by atoms with van der Waals surface area (Å²) >= 11 is 5.22. The smallest absolute Gasteiger partial charge is 0.417 e. The maximum atomic E-state index is 12.7. The van der Waals surface area contributed by atoms with Crippen LogP contribution in [0.5, 0.6) is 0 Å². The number of rotatable bonds is 3. The fraction of sp³-hybridized carbons (Fsp3) is 0.333. The molecule has 9 heteroatoms. The van der Waals surface area contributed by atoms with E-state index in [9.17, 15) is 26.7 Å². The SMILES string of the molecule is O=C(O)c1cnc(CCl)c(C(F)F)c1C(F)(F)F. The highest BCUT2D eigenvalue weighted by molar-refractivity contribution is 6.17. The van der Waals surface area contributed by atoms with Gasteiger partial charge < -0.3 is 5.11 Å². The number of carboxylic acid groups (broad SMARTS) is 1. The number of hydrogen-bond donors (Lipinski definition) is 1. The van der Waals surface area contributed by atoms with E-state index in [2.05, 4.69) is 4.98 Å². The van der Waals surface area contributed by atoms with Crippen LogP contribution in [0, 0.1) is 0 Å². The van der Waals surface area contributed by atoms with Gasteiger partial charge in [-0.2, -0.15) is 13.2 Å². The third-order valence-electron chi connectivity index (χ3n) is 2.06. The first-order valence-corrected chi connectivity index (χ1v) is 4.90. The van der Waals surface area contributed by atoms with Crippen molar-refractivity contribution in [3.05, 3.63) is 28.6 Å². The van der Waals surface area contributed by atoms with E-state index >= 15 is 0 Å². The molecule has 3 nitrogen and oxygen atoms in total. The van der Waals surface area contributed by atoms with Gasteiger partial charge in [0.2, 0.25) is 0 Å². The molecule has 0 aliphatic carbocycles. The number of pyridine rings is 1. The van der Waals surface area contributed by atoms with Crippen LogP contribution in [0.25, 0.3) is 0 Å². The van der Waals surface area contributed by atoms with Crippen molar-refractivity contribution < 1.29 is 31.9 Å². The van der Waals surface area contributed by atoms with Crippen molar-refractivity contribution in [3.63, 3.8) is 0 Å². The van der Waals surface area contributed by atoms with Crippen LogP contribution in [0.1, 0.15) is 33.6 Å². The standard InChI is InChI=1S/C9H5ClF5NO2/c10-1-4-5(7(11)12)6(9(13,14)15)3(2-16-4)8(17)18/h2,7H,1H2,(H,17,18). The zero-order valence-corrected chi connectivity index (χ0v) is 9.19. The molecule has 0 unspecified atom stereocenters. The van der Waals surface area contributed by atoms with Gasteiger partial charge in [-0.05, 0) is 0 Å². The maximum Gasteiger partial charge on any atom is 0.417 e. The highest BCUT2D eigenvalue weighted by Crippen LogP contribution is 2.40. The molecule has 0 fully saturated rings. The minimum absolute atomic E-state index is 0.370. The van der Waals surface area contributed by atoms with E-state index in [1.165, 1.54) is 0 Å². The highest BCUT2D eigenvalue weighted by Gasteiger charge is 2.41. The Morgan fingerprint density at radius 2 is 2.00 bits per heavy atom. The molecule has 0 saturated heterocycles. The number of carboxylic acids is 1. The Morgan fingerprint density at radius 3 is 2.33 bits per heavy atom. The Hall–Kier alpha value is -1.44. The number of halogens is 6. The van der Waals surface area contributed by atoms with E-state index in [-0.39, 0.29) is 0 Å². The monoisotopic (exact) mass is 289 g/mol. The quantitative estimate of drug-likeness (QED) is 0.684. The first kappa shape index (κ1) is 14.6. The summed E-state index contributed by atoms with van der Waals surface area (Å²) < 4.78 is 63.3. The van der Waals surface area contributed by atoms with Crippen LogP contribution in [0.3, 0.4) is 0 Å². The van der Waals surface area contributed by atoms with Gasteiger partial charge >= 0.3 is 12.1 Å². The highest BCUT2D eigenvalue weighted by atomic mass is 35.5. The predicted octanol–water partition coefficient (Wildman–Crippen LogP) is 3.48. The molecule has 1 aromatic heterocycles. The van der Waals surface area contributed by atoms with Gasteiger partial charge in [0.1, 0.15) is 0 Å². The normalized spacial score (nSPS) is 11.9. The van der Waals surface area contributed by atoms with Gasteiger partial charge in [0.15, 0.2) is 0 Å². The maximum absolute atomic E-state index is 12.7. The molecule has 1 rings (SSSR count). The molecule has 1 N–H and O–H groups in total. The van der Waals surface area contributed by atoms with Gasteiger partial charge in [-0.3, -0.25) is 4.98 Å². The van der Waals surface area contributed by atoms with Crippen LogP contribution in [-0.2, 0) is 12.1 Å². The number of nitrogens with zero attached hydrogens (tertiary/aromatic N) is 1. The van der Waals surface area contributed by atoms with Gasteiger partial charge in [-0.1, -0.05) is 0 Å². The molecule has 0 aromatic carbocycles. The van der Waals surface area contributed by atoms with Gasteiger partial charge in [0.25, 0.3) is 6.43 Å². The second-order valence-electron chi connectivity index (χ2n) is 3.14. The summed E-state index contributed by atoms with van der Waals surface area (Å²) in [5.41, 5.74) is -5.41. The van der Waals surface area contributed by atoms with Gasteiger partial charge in [0, 0.05) is 6.20 Å². The first-order chi connectivity index (χ1) is 8.20. The molecule has 1 aromatic rings. The second kappa shape index (κ2) is 5.05. The zero-order valence-electron chi connectivity index (χ0n) is 8.43. The number of aromatic nitrogens is 1. The lowest BCUT2D eigenvalue weighted by atomic mass is 10.0. The molecule has 0 atom stereocenters. The summed E-state index contributed by atoms with van der Waals surface area (Å²) in [4.78, 5) is 13.8. The zero-order chi connectivity index (χ0) is 14.1. The van der Waals surface area contributed by atoms with Crippen molar-refractivity contribution in [2.45, 2.75) is 18.5 Å². The average molecular weight is 290 g/mol. The first-order valence-electron chi connectivity index (χ1n) is 4.36. The Balaban J connectivity index is 3.71. The van der Waals surface area contributed by atoms with Crippen LogP contribution in [0.2, 0.25) is 0 Å². The van der Waals surface area contributed by atoms with Crippen molar-refractivity contribution in [2.24, 2.45) is 0 Å². The Bertz CT molecular complexity index is 475.